The number of nitrogens with zero attached hydrogens (tertiary/aromatic N) is 2. The van der Waals surface area contributed by atoms with Gasteiger partial charge >= 0.3 is 6.03 Å². The van der Waals surface area contributed by atoms with Crippen molar-refractivity contribution in [1.82, 2.24) is 10.2 Å². The Labute approximate surface area is 126 Å². The Morgan fingerprint density at radius 2 is 1.81 bits per heavy atom. The number of benzene rings is 1. The van der Waals surface area contributed by atoms with Crippen molar-refractivity contribution in [2.75, 3.05) is 32.1 Å². The highest BCUT2D eigenvalue weighted by atomic mass is 16.5. The second-order valence-electron chi connectivity index (χ2n) is 5.88. The Bertz CT molecular complexity index is 463. The van der Waals surface area contributed by atoms with Crippen LogP contribution in [-0.2, 0) is 11.3 Å². The SMILES string of the molecule is C[C@@H]1CN(C(=O)NCc2ccc(N(C)C)cc2)C[C@@H](C)O1. The summed E-state index contributed by atoms with van der Waals surface area (Å²) in [4.78, 5) is 16.1. The third kappa shape index (κ3) is 4.36. The first-order valence-corrected chi connectivity index (χ1v) is 7.40. The van der Waals surface area contributed by atoms with Crippen molar-refractivity contribution in [2.45, 2.75) is 32.6 Å². The first kappa shape index (κ1) is 15.6. The molecule has 5 nitrogen and oxygen atoms in total. The van der Waals surface area contributed by atoms with Crippen LogP contribution in [0.4, 0.5) is 10.5 Å². The standard InChI is InChI=1S/C16H25N3O2/c1-12-10-19(11-13(2)21-12)16(20)17-9-14-5-7-15(8-6-14)18(3)4/h5-8,12-13H,9-11H2,1-4H3,(H,17,20)/t12-,13-/m1/s1. The molecule has 0 bridgehead atoms. The lowest BCUT2D eigenvalue weighted by Crippen LogP contribution is -2.51. The average molecular weight is 291 g/mol. The summed E-state index contributed by atoms with van der Waals surface area (Å²) in [6.45, 7) is 5.84. The van der Waals surface area contributed by atoms with E-state index in [1.807, 2.05) is 45.0 Å². The Hall–Kier alpha value is -1.75. The Balaban J connectivity index is 1.86. The van der Waals surface area contributed by atoms with Gasteiger partial charge in [-0.05, 0) is 31.5 Å². The molecule has 21 heavy (non-hydrogen) atoms. The normalized spacial score (nSPS) is 22.0. The molecule has 1 aromatic carbocycles. The quantitative estimate of drug-likeness (QED) is 0.927. The van der Waals surface area contributed by atoms with E-state index in [1.54, 1.807) is 0 Å². The topological polar surface area (TPSA) is 44.8 Å². The molecule has 1 saturated heterocycles. The number of ether oxygens (including phenoxy) is 1. The summed E-state index contributed by atoms with van der Waals surface area (Å²) < 4.78 is 5.64. The van der Waals surface area contributed by atoms with Crippen LogP contribution >= 0.6 is 0 Å². The third-order valence-corrected chi connectivity index (χ3v) is 3.60. The minimum atomic E-state index is -0.0197. The number of carbonyl (C=O) groups is 1. The molecule has 0 aromatic heterocycles. The van der Waals surface area contributed by atoms with Crippen LogP contribution < -0.4 is 10.2 Å². The van der Waals surface area contributed by atoms with E-state index in [2.05, 4.69) is 22.3 Å². The van der Waals surface area contributed by atoms with Crippen molar-refractivity contribution in [3.05, 3.63) is 29.8 Å². The molecule has 0 spiro atoms. The molecule has 5 heteroatoms. The number of hydrogen-bond donors (Lipinski definition) is 1. The summed E-state index contributed by atoms with van der Waals surface area (Å²) >= 11 is 0. The van der Waals surface area contributed by atoms with Crippen molar-refractivity contribution in [1.29, 1.82) is 0 Å². The molecule has 116 valence electrons. The van der Waals surface area contributed by atoms with Gasteiger partial charge in [-0.1, -0.05) is 12.1 Å². The predicted molar refractivity (Wildman–Crippen MR) is 84.6 cm³/mol. The lowest BCUT2D eigenvalue weighted by molar-refractivity contribution is -0.0545. The number of hydrogen-bond acceptors (Lipinski definition) is 3. The fraction of sp³-hybridized carbons (Fsp3) is 0.562. The number of nitrogens with one attached hydrogen (secondary N) is 1. The highest BCUT2D eigenvalue weighted by molar-refractivity contribution is 5.74. The first-order valence-electron chi connectivity index (χ1n) is 7.40. The monoisotopic (exact) mass is 291 g/mol. The molecule has 1 aliphatic heterocycles. The van der Waals surface area contributed by atoms with Crippen LogP contribution in [0.15, 0.2) is 24.3 Å². The zero-order chi connectivity index (χ0) is 15.4. The molecule has 1 N–H and O–H groups in total. The molecule has 1 fully saturated rings. The summed E-state index contributed by atoms with van der Waals surface area (Å²) in [6, 6.07) is 8.18. The number of amides is 2. The molecule has 2 amide bonds. The van der Waals surface area contributed by atoms with E-state index in [4.69, 9.17) is 4.74 Å². The van der Waals surface area contributed by atoms with Crippen LogP contribution in [0.1, 0.15) is 19.4 Å². The molecular formula is C16H25N3O2. The molecule has 1 aliphatic rings. The summed E-state index contributed by atoms with van der Waals surface area (Å²) in [6.07, 6.45) is 0.192. The molecular weight excluding hydrogens is 266 g/mol. The van der Waals surface area contributed by atoms with Gasteiger partial charge in [-0.15, -0.1) is 0 Å². The molecule has 2 rings (SSSR count). The van der Waals surface area contributed by atoms with Gasteiger partial charge in [-0.2, -0.15) is 0 Å². The van der Waals surface area contributed by atoms with Gasteiger partial charge in [0.2, 0.25) is 0 Å². The Morgan fingerprint density at radius 3 is 2.33 bits per heavy atom. The number of anilines is 1. The van der Waals surface area contributed by atoms with Crippen LogP contribution in [0, 0.1) is 0 Å². The number of rotatable bonds is 3. The van der Waals surface area contributed by atoms with E-state index in [0.717, 1.165) is 11.3 Å². The van der Waals surface area contributed by atoms with Crippen molar-refractivity contribution in [3.8, 4) is 0 Å². The predicted octanol–water partition coefficient (Wildman–Crippen LogP) is 2.07. The van der Waals surface area contributed by atoms with Crippen molar-refractivity contribution >= 4 is 11.7 Å². The van der Waals surface area contributed by atoms with Crippen LogP contribution in [-0.4, -0.2) is 50.3 Å². The van der Waals surface area contributed by atoms with Crippen LogP contribution in [0.2, 0.25) is 0 Å². The summed E-state index contributed by atoms with van der Waals surface area (Å²) in [5.41, 5.74) is 2.25. The second-order valence-corrected chi connectivity index (χ2v) is 5.88. The van der Waals surface area contributed by atoms with E-state index in [1.165, 1.54) is 0 Å². The highest BCUT2D eigenvalue weighted by Gasteiger charge is 2.25. The maximum atomic E-state index is 12.2. The Kier molecular flexibility index (Phi) is 5.07. The number of carbonyl (C=O) groups excluding carboxylic acids is 1. The van der Waals surface area contributed by atoms with Gasteiger partial charge in [0.25, 0.3) is 0 Å². The van der Waals surface area contributed by atoms with Gasteiger partial charge in [-0.25, -0.2) is 4.79 Å². The second kappa shape index (κ2) is 6.80. The zero-order valence-electron chi connectivity index (χ0n) is 13.3. The lowest BCUT2D eigenvalue weighted by Gasteiger charge is -2.35. The molecule has 2 atom stereocenters. The maximum Gasteiger partial charge on any atom is 0.317 e. The summed E-state index contributed by atoms with van der Waals surface area (Å²) in [5, 5.41) is 2.98. The smallest absolute Gasteiger partial charge is 0.317 e. The molecule has 1 aromatic rings. The van der Waals surface area contributed by atoms with E-state index < -0.39 is 0 Å². The summed E-state index contributed by atoms with van der Waals surface area (Å²) in [7, 11) is 4.02. The molecule has 0 saturated carbocycles. The molecule has 0 unspecified atom stereocenters. The van der Waals surface area contributed by atoms with E-state index in [0.29, 0.717) is 19.6 Å². The van der Waals surface area contributed by atoms with E-state index in [9.17, 15) is 4.79 Å². The number of morpholine rings is 1. The van der Waals surface area contributed by atoms with Gasteiger partial charge < -0.3 is 19.9 Å². The molecule has 1 heterocycles. The Morgan fingerprint density at radius 1 is 1.24 bits per heavy atom. The van der Waals surface area contributed by atoms with Crippen LogP contribution in [0.25, 0.3) is 0 Å². The molecule has 0 radical (unpaired) electrons. The minimum absolute atomic E-state index is 0.0197. The average Bonchev–Trinajstić information content (AvgIpc) is 2.44. The van der Waals surface area contributed by atoms with Crippen LogP contribution in [0.5, 0.6) is 0 Å². The third-order valence-electron chi connectivity index (χ3n) is 3.60. The van der Waals surface area contributed by atoms with Gasteiger partial charge in [0, 0.05) is 39.4 Å². The van der Waals surface area contributed by atoms with Crippen LogP contribution in [0.3, 0.4) is 0 Å². The highest BCUT2D eigenvalue weighted by Crippen LogP contribution is 2.13. The summed E-state index contributed by atoms with van der Waals surface area (Å²) in [5.74, 6) is 0. The lowest BCUT2D eigenvalue weighted by atomic mass is 10.2. The van der Waals surface area contributed by atoms with Gasteiger partial charge in [0.1, 0.15) is 0 Å². The number of urea groups is 1. The fourth-order valence-electron chi connectivity index (χ4n) is 2.55. The van der Waals surface area contributed by atoms with Gasteiger partial charge in [0.05, 0.1) is 12.2 Å². The van der Waals surface area contributed by atoms with Gasteiger partial charge in [-0.3, -0.25) is 0 Å². The molecule has 0 aliphatic carbocycles. The van der Waals surface area contributed by atoms with Crippen molar-refractivity contribution in [3.63, 3.8) is 0 Å². The fourth-order valence-corrected chi connectivity index (χ4v) is 2.55. The van der Waals surface area contributed by atoms with Crippen molar-refractivity contribution in [2.24, 2.45) is 0 Å². The first-order chi connectivity index (χ1) is 9.95. The van der Waals surface area contributed by atoms with E-state index >= 15 is 0 Å². The largest absolute Gasteiger partial charge is 0.378 e. The van der Waals surface area contributed by atoms with E-state index in [-0.39, 0.29) is 18.2 Å². The van der Waals surface area contributed by atoms with Gasteiger partial charge in [0.15, 0.2) is 0 Å². The maximum absolute atomic E-state index is 12.2. The zero-order valence-corrected chi connectivity index (χ0v) is 13.3. The minimum Gasteiger partial charge on any atom is -0.378 e. The van der Waals surface area contributed by atoms with Crippen molar-refractivity contribution < 1.29 is 9.53 Å².